The van der Waals surface area contributed by atoms with Gasteiger partial charge in [0.1, 0.15) is 5.75 Å². The zero-order chi connectivity index (χ0) is 15.1. The third-order valence-electron chi connectivity index (χ3n) is 3.19. The Labute approximate surface area is 137 Å². The molecule has 1 saturated carbocycles. The quantitative estimate of drug-likeness (QED) is 0.559. The van der Waals surface area contributed by atoms with Crippen LogP contribution in [-0.2, 0) is 4.79 Å². The molecule has 1 fully saturated rings. The van der Waals surface area contributed by atoms with Gasteiger partial charge >= 0.3 is 0 Å². The molecule has 0 saturated heterocycles. The van der Waals surface area contributed by atoms with Crippen LogP contribution in [0.5, 0.6) is 5.75 Å². The van der Waals surface area contributed by atoms with Gasteiger partial charge in [-0.05, 0) is 49.3 Å². The van der Waals surface area contributed by atoms with Crippen molar-refractivity contribution in [1.29, 1.82) is 0 Å². The van der Waals surface area contributed by atoms with Crippen molar-refractivity contribution in [2.45, 2.75) is 31.7 Å². The molecule has 0 atom stereocenters. The number of ether oxygens (including phenoxy) is 1. The summed E-state index contributed by atoms with van der Waals surface area (Å²) in [5.41, 5.74) is 5.20. The number of rotatable bonds is 4. The molecular formula is C14H18BrN3O2S. The summed E-state index contributed by atoms with van der Waals surface area (Å²) in [6.45, 7) is -0.0688. The van der Waals surface area contributed by atoms with Crippen molar-refractivity contribution in [2.24, 2.45) is 0 Å². The van der Waals surface area contributed by atoms with Gasteiger partial charge in [0.15, 0.2) is 11.7 Å². The van der Waals surface area contributed by atoms with Crippen LogP contribution in [0.3, 0.4) is 0 Å². The molecule has 1 amide bonds. The Morgan fingerprint density at radius 2 is 1.90 bits per heavy atom. The molecule has 1 aromatic carbocycles. The summed E-state index contributed by atoms with van der Waals surface area (Å²) in [6.07, 6.45) is 4.71. The first-order chi connectivity index (χ1) is 10.1. The van der Waals surface area contributed by atoms with E-state index in [0.29, 0.717) is 16.9 Å². The third kappa shape index (κ3) is 5.89. The molecule has 0 unspecified atom stereocenters. The minimum atomic E-state index is -0.284. The van der Waals surface area contributed by atoms with Crippen LogP contribution >= 0.6 is 28.1 Å². The molecule has 0 bridgehead atoms. The number of nitrogens with one attached hydrogen (secondary N) is 3. The van der Waals surface area contributed by atoms with Crippen molar-refractivity contribution in [3.63, 3.8) is 0 Å². The highest BCUT2D eigenvalue weighted by molar-refractivity contribution is 9.10. The summed E-state index contributed by atoms with van der Waals surface area (Å²) in [6, 6.07) is 7.70. The molecule has 0 spiro atoms. The Morgan fingerprint density at radius 3 is 2.57 bits per heavy atom. The van der Waals surface area contributed by atoms with Gasteiger partial charge in [-0.25, -0.2) is 0 Å². The summed E-state index contributed by atoms with van der Waals surface area (Å²) in [5.74, 6) is 0.355. The van der Waals surface area contributed by atoms with Gasteiger partial charge in [-0.15, -0.1) is 0 Å². The molecule has 1 aliphatic carbocycles. The number of hydrogen-bond acceptors (Lipinski definition) is 3. The van der Waals surface area contributed by atoms with E-state index in [-0.39, 0.29) is 12.5 Å². The largest absolute Gasteiger partial charge is 0.484 e. The van der Waals surface area contributed by atoms with Crippen molar-refractivity contribution in [1.82, 2.24) is 16.2 Å². The summed E-state index contributed by atoms with van der Waals surface area (Å²) in [4.78, 5) is 11.6. The fraction of sp³-hybridized carbons (Fsp3) is 0.429. The number of carbonyl (C=O) groups is 1. The summed E-state index contributed by atoms with van der Waals surface area (Å²) < 4.78 is 6.31. The van der Waals surface area contributed by atoms with Gasteiger partial charge < -0.3 is 10.1 Å². The van der Waals surface area contributed by atoms with Crippen LogP contribution < -0.4 is 20.9 Å². The van der Waals surface area contributed by atoms with Gasteiger partial charge in [0.25, 0.3) is 5.91 Å². The Kier molecular flexibility index (Phi) is 6.25. The van der Waals surface area contributed by atoms with E-state index in [9.17, 15) is 4.79 Å². The molecule has 1 aromatic rings. The molecule has 0 radical (unpaired) electrons. The molecule has 0 aliphatic heterocycles. The highest BCUT2D eigenvalue weighted by Gasteiger charge is 2.15. The highest BCUT2D eigenvalue weighted by Crippen LogP contribution is 2.17. The van der Waals surface area contributed by atoms with Crippen LogP contribution in [0.2, 0.25) is 0 Å². The molecule has 114 valence electrons. The van der Waals surface area contributed by atoms with Gasteiger partial charge in [-0.2, -0.15) is 0 Å². The van der Waals surface area contributed by atoms with Crippen LogP contribution in [0.15, 0.2) is 28.7 Å². The zero-order valence-electron chi connectivity index (χ0n) is 11.5. The van der Waals surface area contributed by atoms with Gasteiger partial charge in [0, 0.05) is 10.5 Å². The first-order valence-electron chi connectivity index (χ1n) is 6.87. The van der Waals surface area contributed by atoms with Gasteiger partial charge in [0.05, 0.1) is 0 Å². The Bertz CT molecular complexity index is 489. The molecule has 0 heterocycles. The maximum atomic E-state index is 11.6. The first kappa shape index (κ1) is 16.0. The monoisotopic (exact) mass is 371 g/mol. The molecule has 1 aliphatic rings. The van der Waals surface area contributed by atoms with Gasteiger partial charge in [0.2, 0.25) is 0 Å². The van der Waals surface area contributed by atoms with Gasteiger partial charge in [-0.1, -0.05) is 28.8 Å². The van der Waals surface area contributed by atoms with Crippen LogP contribution in [-0.4, -0.2) is 23.7 Å². The average molecular weight is 372 g/mol. The number of hydrazine groups is 1. The smallest absolute Gasteiger partial charge is 0.276 e. The lowest BCUT2D eigenvalue weighted by Crippen LogP contribution is -2.50. The number of amides is 1. The molecule has 2 rings (SSSR count). The molecule has 0 aromatic heterocycles. The van der Waals surface area contributed by atoms with Crippen molar-refractivity contribution < 1.29 is 9.53 Å². The molecule has 7 heteroatoms. The second-order valence-corrected chi connectivity index (χ2v) is 6.19. The molecule has 3 N–H and O–H groups in total. The van der Waals surface area contributed by atoms with Crippen molar-refractivity contribution in [3.8, 4) is 5.75 Å². The van der Waals surface area contributed by atoms with Crippen LogP contribution in [0.1, 0.15) is 25.7 Å². The van der Waals surface area contributed by atoms with Crippen molar-refractivity contribution in [3.05, 3.63) is 28.7 Å². The minimum Gasteiger partial charge on any atom is -0.484 e. The van der Waals surface area contributed by atoms with Crippen LogP contribution in [0, 0.1) is 0 Å². The standard InChI is InChI=1S/C14H18BrN3O2S/c15-10-5-7-12(8-6-10)20-9-13(19)17-18-14(21)16-11-3-1-2-4-11/h5-8,11H,1-4,9H2,(H,17,19)(H2,16,18,21). The Hall–Kier alpha value is -1.34. The predicted molar refractivity (Wildman–Crippen MR) is 88.9 cm³/mol. The molecule has 21 heavy (non-hydrogen) atoms. The molecular weight excluding hydrogens is 354 g/mol. The number of carbonyl (C=O) groups excluding carboxylic acids is 1. The lowest BCUT2D eigenvalue weighted by molar-refractivity contribution is -0.123. The van der Waals surface area contributed by atoms with Crippen LogP contribution in [0.4, 0.5) is 0 Å². The maximum Gasteiger partial charge on any atom is 0.276 e. The number of benzene rings is 1. The first-order valence-corrected chi connectivity index (χ1v) is 8.07. The second-order valence-electron chi connectivity index (χ2n) is 4.87. The number of thiocarbonyl (C=S) groups is 1. The van der Waals surface area contributed by atoms with E-state index < -0.39 is 0 Å². The van der Waals surface area contributed by atoms with E-state index in [0.717, 1.165) is 17.3 Å². The normalized spacial score (nSPS) is 14.5. The number of hydrogen-bond donors (Lipinski definition) is 3. The SMILES string of the molecule is O=C(COc1ccc(Br)cc1)NNC(=S)NC1CCCC1. The van der Waals surface area contributed by atoms with Crippen LogP contribution in [0.25, 0.3) is 0 Å². The van der Waals surface area contributed by atoms with E-state index in [1.54, 1.807) is 12.1 Å². The summed E-state index contributed by atoms with van der Waals surface area (Å²) in [5, 5.41) is 3.62. The summed E-state index contributed by atoms with van der Waals surface area (Å²) >= 11 is 8.45. The van der Waals surface area contributed by atoms with E-state index >= 15 is 0 Å². The lowest BCUT2D eigenvalue weighted by Gasteiger charge is -2.16. The minimum absolute atomic E-state index is 0.0688. The highest BCUT2D eigenvalue weighted by atomic mass is 79.9. The zero-order valence-corrected chi connectivity index (χ0v) is 13.9. The molecule has 5 nitrogen and oxygen atoms in total. The van der Waals surface area contributed by atoms with Crippen molar-refractivity contribution in [2.75, 3.05) is 6.61 Å². The van der Waals surface area contributed by atoms with E-state index in [1.165, 1.54) is 12.8 Å². The maximum absolute atomic E-state index is 11.6. The van der Waals surface area contributed by atoms with Gasteiger partial charge in [-0.3, -0.25) is 15.6 Å². The number of halogens is 1. The Morgan fingerprint density at radius 1 is 1.24 bits per heavy atom. The Balaban J connectivity index is 1.62. The van der Waals surface area contributed by atoms with Crippen molar-refractivity contribution >= 4 is 39.2 Å². The average Bonchev–Trinajstić information content (AvgIpc) is 2.97. The van der Waals surface area contributed by atoms with E-state index in [4.69, 9.17) is 17.0 Å². The second kappa shape index (κ2) is 8.19. The predicted octanol–water partition coefficient (Wildman–Crippen LogP) is 2.27. The lowest BCUT2D eigenvalue weighted by atomic mass is 10.3. The van der Waals surface area contributed by atoms with E-state index in [2.05, 4.69) is 32.1 Å². The fourth-order valence-electron chi connectivity index (χ4n) is 2.13. The fourth-order valence-corrected chi connectivity index (χ4v) is 2.62. The third-order valence-corrected chi connectivity index (χ3v) is 3.94. The van der Waals surface area contributed by atoms with E-state index in [1.807, 2.05) is 12.1 Å². The topological polar surface area (TPSA) is 62.4 Å². The summed E-state index contributed by atoms with van der Waals surface area (Å²) in [7, 11) is 0.